The Morgan fingerprint density at radius 2 is 2.13 bits per heavy atom. The van der Waals surface area contributed by atoms with Crippen molar-refractivity contribution in [2.45, 2.75) is 25.3 Å². The summed E-state index contributed by atoms with van der Waals surface area (Å²) in [4.78, 5) is 15.1. The molecule has 2 aromatic rings. The van der Waals surface area contributed by atoms with Crippen molar-refractivity contribution in [1.82, 2.24) is 0 Å². The molecule has 0 saturated carbocycles. The summed E-state index contributed by atoms with van der Waals surface area (Å²) >= 11 is 0. The van der Waals surface area contributed by atoms with Gasteiger partial charge in [0.25, 0.3) is 0 Å². The van der Waals surface area contributed by atoms with Crippen LogP contribution >= 0.6 is 0 Å². The van der Waals surface area contributed by atoms with Crippen LogP contribution in [-0.4, -0.2) is 24.6 Å². The van der Waals surface area contributed by atoms with E-state index >= 15 is 0 Å². The molecule has 7 nitrogen and oxygen atoms in total. The van der Waals surface area contributed by atoms with Crippen LogP contribution < -0.4 is 15.2 Å². The van der Waals surface area contributed by atoms with Gasteiger partial charge in [-0.3, -0.25) is 15.4 Å². The Labute approximate surface area is 134 Å². The van der Waals surface area contributed by atoms with Crippen molar-refractivity contribution in [2.24, 2.45) is 0 Å². The zero-order chi connectivity index (χ0) is 16.1. The van der Waals surface area contributed by atoms with Gasteiger partial charge in [0.2, 0.25) is 0 Å². The minimum Gasteiger partial charge on any atom is -0.463 e. The van der Waals surface area contributed by atoms with Crippen LogP contribution in [0.1, 0.15) is 31.1 Å². The third-order valence-electron chi connectivity index (χ3n) is 4.39. The van der Waals surface area contributed by atoms with Gasteiger partial charge in [0, 0.05) is 6.07 Å². The number of likely N-dealkylation sites (tertiary alicyclic amines) is 1. The molecule has 0 amide bonds. The number of aromatic amines is 1. The first-order valence-electron chi connectivity index (χ1n) is 8.02. The molecule has 3 rings (SSSR count). The van der Waals surface area contributed by atoms with Crippen molar-refractivity contribution in [3.05, 3.63) is 52.6 Å². The number of hydrogen-bond donors (Lipinski definition) is 2. The van der Waals surface area contributed by atoms with E-state index in [2.05, 4.69) is 10.3 Å². The van der Waals surface area contributed by atoms with Crippen molar-refractivity contribution in [3.63, 3.8) is 0 Å². The van der Waals surface area contributed by atoms with Gasteiger partial charge in [0.1, 0.15) is 6.54 Å². The number of furan rings is 1. The Hall–Kier alpha value is -2.41. The Morgan fingerprint density at radius 1 is 1.30 bits per heavy atom. The number of quaternary nitrogens is 1. The molecule has 2 aromatic heterocycles. The predicted molar refractivity (Wildman–Crippen MR) is 84.1 cm³/mol. The fraction of sp³-hybridized carbons (Fsp3) is 0.438. The monoisotopic (exact) mass is 318 g/mol. The lowest BCUT2D eigenvalue weighted by atomic mass is 10.1. The number of rotatable bonds is 6. The minimum absolute atomic E-state index is 0.0549. The van der Waals surface area contributed by atoms with E-state index in [1.54, 1.807) is 18.5 Å². The van der Waals surface area contributed by atoms with Gasteiger partial charge in [-0.1, -0.05) is 0 Å². The Bertz CT molecular complexity index is 639. The SMILES string of the molecule is O=[N+]([O-])c1ccc[nH+]c1NC[C@H](c1ccco1)[NH+]1CCCCC1. The van der Waals surface area contributed by atoms with E-state index in [1.165, 1.54) is 30.2 Å². The molecule has 3 heterocycles. The standard InChI is InChI=1S/C16H20N4O3/c21-20(22)13-6-4-8-17-16(13)18-12-14(15-7-5-11-23-15)19-9-2-1-3-10-19/h4-8,11,14H,1-3,9-10,12H2,(H,17,18)/p+2/t14-/m1/s1. The van der Waals surface area contributed by atoms with Crippen LogP contribution in [0.5, 0.6) is 0 Å². The molecular weight excluding hydrogens is 296 g/mol. The third-order valence-corrected chi connectivity index (χ3v) is 4.39. The molecule has 3 N–H and O–H groups in total. The van der Waals surface area contributed by atoms with E-state index in [0.717, 1.165) is 18.8 Å². The first-order valence-corrected chi connectivity index (χ1v) is 8.02. The summed E-state index contributed by atoms with van der Waals surface area (Å²) in [5.74, 6) is 1.36. The van der Waals surface area contributed by atoms with Crippen LogP contribution in [-0.2, 0) is 0 Å². The number of nitro groups is 1. The van der Waals surface area contributed by atoms with Gasteiger partial charge in [0.05, 0.1) is 30.5 Å². The lowest BCUT2D eigenvalue weighted by Gasteiger charge is -2.29. The van der Waals surface area contributed by atoms with Gasteiger partial charge >= 0.3 is 11.5 Å². The predicted octanol–water partition coefficient (Wildman–Crippen LogP) is 1.22. The highest BCUT2D eigenvalue weighted by molar-refractivity contribution is 5.50. The van der Waals surface area contributed by atoms with Crippen LogP contribution in [0.25, 0.3) is 0 Å². The number of nitrogens with zero attached hydrogens (tertiary/aromatic N) is 1. The summed E-state index contributed by atoms with van der Waals surface area (Å²) in [5.41, 5.74) is 0.0549. The smallest absolute Gasteiger partial charge is 0.357 e. The fourth-order valence-electron chi connectivity index (χ4n) is 3.22. The molecule has 0 spiro atoms. The molecule has 1 atom stereocenters. The van der Waals surface area contributed by atoms with Crippen molar-refractivity contribution in [1.29, 1.82) is 0 Å². The van der Waals surface area contributed by atoms with E-state index in [9.17, 15) is 10.1 Å². The second-order valence-electron chi connectivity index (χ2n) is 5.86. The zero-order valence-electron chi connectivity index (χ0n) is 13.0. The molecule has 7 heteroatoms. The topological polar surface area (TPSA) is 86.9 Å². The normalized spacial score (nSPS) is 16.9. The molecule has 122 valence electrons. The number of piperidine rings is 1. The molecule has 23 heavy (non-hydrogen) atoms. The maximum absolute atomic E-state index is 11.1. The van der Waals surface area contributed by atoms with E-state index in [-0.39, 0.29) is 16.7 Å². The van der Waals surface area contributed by atoms with Gasteiger partial charge in [-0.15, -0.1) is 0 Å². The molecule has 0 bridgehead atoms. The molecule has 1 aliphatic heterocycles. The van der Waals surface area contributed by atoms with E-state index in [1.807, 2.05) is 12.1 Å². The van der Waals surface area contributed by atoms with E-state index in [0.29, 0.717) is 12.4 Å². The number of aromatic nitrogens is 1. The van der Waals surface area contributed by atoms with Gasteiger partial charge < -0.3 is 9.32 Å². The van der Waals surface area contributed by atoms with Crippen molar-refractivity contribution < 1.29 is 19.2 Å². The summed E-state index contributed by atoms with van der Waals surface area (Å²) < 4.78 is 5.61. The number of hydrogen-bond acceptors (Lipinski definition) is 4. The lowest BCUT2D eigenvalue weighted by molar-refractivity contribution is -0.935. The summed E-state index contributed by atoms with van der Waals surface area (Å²) in [5, 5.41) is 14.3. The molecule has 0 aliphatic carbocycles. The van der Waals surface area contributed by atoms with Crippen LogP contribution in [0.2, 0.25) is 0 Å². The Balaban J connectivity index is 1.75. The average Bonchev–Trinajstić information content (AvgIpc) is 3.10. The molecule has 0 aromatic carbocycles. The third kappa shape index (κ3) is 3.68. The maximum Gasteiger partial charge on any atom is 0.357 e. The van der Waals surface area contributed by atoms with Gasteiger partial charge in [-0.25, -0.2) is 4.98 Å². The molecule has 0 unspecified atom stereocenters. The molecule has 1 fully saturated rings. The molecular formula is C16H22N4O3+2. The van der Waals surface area contributed by atoms with Gasteiger partial charge in [0.15, 0.2) is 11.8 Å². The van der Waals surface area contributed by atoms with Crippen molar-refractivity contribution in [2.75, 3.05) is 25.0 Å². The second-order valence-corrected chi connectivity index (χ2v) is 5.86. The summed E-state index contributed by atoms with van der Waals surface area (Å²) in [6.07, 6.45) is 7.07. The number of pyridine rings is 1. The quantitative estimate of drug-likeness (QED) is 0.619. The number of H-pyrrole nitrogens is 1. The summed E-state index contributed by atoms with van der Waals surface area (Å²) in [6, 6.07) is 7.15. The van der Waals surface area contributed by atoms with E-state index in [4.69, 9.17) is 4.42 Å². The summed E-state index contributed by atoms with van der Waals surface area (Å²) in [7, 11) is 0. The lowest BCUT2D eigenvalue weighted by Crippen LogP contribution is -3.13. The first kappa shape index (κ1) is 15.5. The Morgan fingerprint density at radius 3 is 2.83 bits per heavy atom. The Kier molecular flexibility index (Phi) is 4.87. The van der Waals surface area contributed by atoms with Crippen molar-refractivity contribution in [3.8, 4) is 0 Å². The molecule has 1 aliphatic rings. The number of anilines is 1. The van der Waals surface area contributed by atoms with Crippen LogP contribution in [0, 0.1) is 10.1 Å². The van der Waals surface area contributed by atoms with Crippen LogP contribution in [0.3, 0.4) is 0 Å². The summed E-state index contributed by atoms with van der Waals surface area (Å²) in [6.45, 7) is 2.80. The highest BCUT2D eigenvalue weighted by Crippen LogP contribution is 2.19. The highest BCUT2D eigenvalue weighted by Gasteiger charge is 2.31. The van der Waals surface area contributed by atoms with Gasteiger partial charge in [-0.2, -0.15) is 0 Å². The highest BCUT2D eigenvalue weighted by atomic mass is 16.6. The molecule has 0 radical (unpaired) electrons. The molecule has 1 saturated heterocycles. The minimum atomic E-state index is -0.380. The first-order chi connectivity index (χ1) is 11.3. The largest absolute Gasteiger partial charge is 0.463 e. The second kappa shape index (κ2) is 7.23. The average molecular weight is 318 g/mol. The van der Waals surface area contributed by atoms with E-state index < -0.39 is 0 Å². The maximum atomic E-state index is 11.1. The van der Waals surface area contributed by atoms with Gasteiger partial charge in [-0.05, 0) is 37.5 Å². The zero-order valence-corrected chi connectivity index (χ0v) is 13.0. The number of nitrogens with one attached hydrogen (secondary N) is 3. The van der Waals surface area contributed by atoms with Crippen LogP contribution in [0.4, 0.5) is 11.5 Å². The van der Waals surface area contributed by atoms with Crippen LogP contribution in [0.15, 0.2) is 41.1 Å². The van der Waals surface area contributed by atoms with Crippen molar-refractivity contribution >= 4 is 11.5 Å². The fourth-order valence-corrected chi connectivity index (χ4v) is 3.22.